The minimum Gasteiger partial charge on any atom is -0.756 e. The Morgan fingerprint density at radius 2 is 1.78 bits per heavy atom. The molecule has 0 saturated carbocycles. The van der Waals surface area contributed by atoms with Crippen LogP contribution in [0.5, 0.6) is 0 Å². The predicted octanol–water partition coefficient (Wildman–Crippen LogP) is 2.55. The summed E-state index contributed by atoms with van der Waals surface area (Å²) in [5, 5.41) is 0. The third kappa shape index (κ3) is 2.65. The van der Waals surface area contributed by atoms with E-state index in [9.17, 15) is 0 Å². The summed E-state index contributed by atoms with van der Waals surface area (Å²) in [7, 11) is 0. The molecule has 1 rings (SSSR count). The molecule has 2 heteroatoms. The van der Waals surface area contributed by atoms with Crippen molar-refractivity contribution in [2.24, 2.45) is 0 Å². The van der Waals surface area contributed by atoms with Gasteiger partial charge in [-0.3, -0.25) is 5.69 Å². The Hall–Kier alpha value is 0.409. The van der Waals surface area contributed by atoms with Crippen molar-refractivity contribution in [3.63, 3.8) is 0 Å². The van der Waals surface area contributed by atoms with Crippen LogP contribution in [0.4, 0.5) is 5.69 Å². The van der Waals surface area contributed by atoms with E-state index in [1.54, 1.807) is 6.07 Å². The van der Waals surface area contributed by atoms with E-state index in [4.69, 9.17) is 5.73 Å². The standard InChI is InChI=1S/C7H7N.Yb/c1-6-4-2-3-5-7(6)8;/h2-5,8H,1H2;/q-2;+2. The average Bonchev–Trinajstić information content (AvgIpc) is 1.77. The van der Waals surface area contributed by atoms with E-state index in [0.717, 1.165) is 5.56 Å². The fourth-order valence-electron chi connectivity index (χ4n) is 0.520. The Balaban J connectivity index is 0.000000640. The van der Waals surface area contributed by atoms with Gasteiger partial charge in [-0.2, -0.15) is 6.07 Å². The first-order chi connectivity index (χ1) is 3.80. The Morgan fingerprint density at radius 1 is 1.22 bits per heavy atom. The molecule has 0 atom stereocenters. The van der Waals surface area contributed by atoms with Crippen LogP contribution in [0.15, 0.2) is 24.3 Å². The van der Waals surface area contributed by atoms with Crippen molar-refractivity contribution in [3.05, 3.63) is 42.5 Å². The van der Waals surface area contributed by atoms with Gasteiger partial charge in [0.05, 0.1) is 0 Å². The van der Waals surface area contributed by atoms with Crippen molar-refractivity contribution in [3.8, 4) is 0 Å². The SMILES string of the molecule is [CH2-]c1ccccc1[NH-].[Yb+2]. The molecule has 1 nitrogen and oxygen atoms in total. The largest absolute Gasteiger partial charge is 2.00 e. The van der Waals surface area contributed by atoms with Crippen LogP contribution in [0.25, 0.3) is 5.73 Å². The Kier molecular flexibility index (Phi) is 4.45. The summed E-state index contributed by atoms with van der Waals surface area (Å²) < 4.78 is 0. The van der Waals surface area contributed by atoms with Gasteiger partial charge in [0, 0.05) is 0 Å². The van der Waals surface area contributed by atoms with E-state index in [1.165, 1.54) is 0 Å². The van der Waals surface area contributed by atoms with Crippen LogP contribution < -0.4 is 0 Å². The number of benzene rings is 1. The average molecular weight is 278 g/mol. The van der Waals surface area contributed by atoms with Gasteiger partial charge in [0.25, 0.3) is 0 Å². The fourth-order valence-corrected chi connectivity index (χ4v) is 0.520. The van der Waals surface area contributed by atoms with E-state index in [2.05, 4.69) is 6.92 Å². The van der Waals surface area contributed by atoms with Gasteiger partial charge in [-0.15, -0.1) is 12.1 Å². The Bertz CT molecular complexity index is 165. The van der Waals surface area contributed by atoms with Crippen molar-refractivity contribution < 1.29 is 46.9 Å². The quantitative estimate of drug-likeness (QED) is 0.651. The van der Waals surface area contributed by atoms with Crippen molar-refractivity contribution in [2.45, 2.75) is 0 Å². The maximum absolute atomic E-state index is 7.16. The molecule has 0 saturated heterocycles. The van der Waals surface area contributed by atoms with Crippen molar-refractivity contribution >= 4 is 5.69 Å². The van der Waals surface area contributed by atoms with Crippen LogP contribution in [0, 0.1) is 53.8 Å². The maximum Gasteiger partial charge on any atom is 2.00 e. The summed E-state index contributed by atoms with van der Waals surface area (Å²) in [6, 6.07) is 7.25. The summed E-state index contributed by atoms with van der Waals surface area (Å²) in [6.45, 7) is 3.63. The third-order valence-corrected chi connectivity index (χ3v) is 1.02. The molecule has 0 aliphatic carbocycles. The maximum atomic E-state index is 7.16. The topological polar surface area (TPSA) is 23.8 Å². The number of hydrogen-bond donors (Lipinski definition) is 0. The van der Waals surface area contributed by atoms with Crippen LogP contribution in [-0.2, 0) is 0 Å². The molecule has 1 N–H and O–H groups in total. The number of hydrogen-bond acceptors (Lipinski definition) is 0. The van der Waals surface area contributed by atoms with Crippen LogP contribution in [-0.4, -0.2) is 0 Å². The van der Waals surface area contributed by atoms with Gasteiger partial charge in [-0.05, 0) is 0 Å². The number of rotatable bonds is 0. The van der Waals surface area contributed by atoms with E-state index in [1.807, 2.05) is 18.2 Å². The molecule has 0 fully saturated rings. The van der Waals surface area contributed by atoms with Crippen molar-refractivity contribution in [1.29, 1.82) is 0 Å². The second-order valence-corrected chi connectivity index (χ2v) is 1.66. The summed E-state index contributed by atoms with van der Waals surface area (Å²) in [6.07, 6.45) is 0. The van der Waals surface area contributed by atoms with Gasteiger partial charge in [0.1, 0.15) is 0 Å². The van der Waals surface area contributed by atoms with Crippen LogP contribution >= 0.6 is 0 Å². The van der Waals surface area contributed by atoms with Crippen LogP contribution in [0.2, 0.25) is 0 Å². The summed E-state index contributed by atoms with van der Waals surface area (Å²) in [4.78, 5) is 0. The molecule has 0 aliphatic rings. The zero-order valence-electron chi connectivity index (χ0n) is 4.78. The van der Waals surface area contributed by atoms with E-state index < -0.39 is 0 Å². The summed E-state index contributed by atoms with van der Waals surface area (Å²) >= 11 is 0. The molecule has 1 aromatic carbocycles. The smallest absolute Gasteiger partial charge is 0.756 e. The molecular formula is C7H7NYb. The van der Waals surface area contributed by atoms with E-state index in [0.29, 0.717) is 5.69 Å². The molecule has 0 bridgehead atoms. The third-order valence-electron chi connectivity index (χ3n) is 1.02. The molecule has 0 aliphatic heterocycles. The first-order valence-corrected chi connectivity index (χ1v) is 2.43. The minimum atomic E-state index is 0. The molecule has 0 heterocycles. The normalized spacial score (nSPS) is 8.00. The van der Waals surface area contributed by atoms with Crippen molar-refractivity contribution in [1.82, 2.24) is 0 Å². The van der Waals surface area contributed by atoms with Gasteiger partial charge < -0.3 is 5.73 Å². The zero-order chi connectivity index (χ0) is 5.98. The predicted molar refractivity (Wildman–Crippen MR) is 34.9 cm³/mol. The first kappa shape index (κ1) is 9.41. The molecule has 0 amide bonds. The molecule has 0 aromatic heterocycles. The zero-order valence-corrected chi connectivity index (χ0v) is 6.50. The summed E-state index contributed by atoms with van der Waals surface area (Å²) in [5.41, 5.74) is 8.45. The van der Waals surface area contributed by atoms with E-state index in [-0.39, 0.29) is 46.9 Å². The summed E-state index contributed by atoms with van der Waals surface area (Å²) in [5.74, 6) is 0. The molecular weight excluding hydrogens is 271 g/mol. The van der Waals surface area contributed by atoms with Crippen LogP contribution in [0.3, 0.4) is 0 Å². The monoisotopic (exact) mass is 279 g/mol. The molecule has 0 unspecified atom stereocenters. The van der Waals surface area contributed by atoms with Gasteiger partial charge in [-0.25, -0.2) is 12.5 Å². The molecule has 1 aromatic rings. The second kappa shape index (κ2) is 4.26. The Labute approximate surface area is 93.9 Å². The molecule has 0 spiro atoms. The van der Waals surface area contributed by atoms with Gasteiger partial charge in [0.15, 0.2) is 0 Å². The molecule has 9 heavy (non-hydrogen) atoms. The second-order valence-electron chi connectivity index (χ2n) is 1.66. The Morgan fingerprint density at radius 3 is 2.11 bits per heavy atom. The number of nitrogens with one attached hydrogen (secondary N) is 1. The van der Waals surface area contributed by atoms with Gasteiger partial charge >= 0.3 is 46.9 Å². The van der Waals surface area contributed by atoms with Gasteiger partial charge in [0.2, 0.25) is 0 Å². The first-order valence-electron chi connectivity index (χ1n) is 2.43. The van der Waals surface area contributed by atoms with E-state index >= 15 is 0 Å². The fraction of sp³-hybridized carbons (Fsp3) is 0. The molecule has 0 radical (unpaired) electrons. The van der Waals surface area contributed by atoms with Gasteiger partial charge in [-0.1, -0.05) is 6.07 Å². The van der Waals surface area contributed by atoms with Crippen LogP contribution in [0.1, 0.15) is 5.56 Å². The van der Waals surface area contributed by atoms with Crippen molar-refractivity contribution in [2.75, 3.05) is 0 Å². The molecule has 54 valence electrons. The minimum absolute atomic E-state index is 0.